The Morgan fingerprint density at radius 1 is 1.22 bits per heavy atom. The summed E-state index contributed by atoms with van der Waals surface area (Å²) in [6.07, 6.45) is 2.67. The number of benzene rings is 2. The maximum absolute atomic E-state index is 13.1. The Morgan fingerprint density at radius 3 is 2.63 bits per heavy atom. The zero-order chi connectivity index (χ0) is 19.4. The van der Waals surface area contributed by atoms with Gasteiger partial charge in [0, 0.05) is 16.0 Å². The lowest BCUT2D eigenvalue weighted by Crippen LogP contribution is -2.44. The Balaban J connectivity index is 1.90. The SMILES string of the molecule is CCC(C)NC(=O)CN1C(=O)/C(=C\c2ccc(Cl)cc2)Sc2ccccc21. The Bertz CT molecular complexity index is 880. The second-order valence-electron chi connectivity index (χ2n) is 6.40. The van der Waals surface area contributed by atoms with Gasteiger partial charge in [-0.1, -0.05) is 54.6 Å². The number of carbonyl (C=O) groups is 2. The molecule has 3 rings (SSSR count). The summed E-state index contributed by atoms with van der Waals surface area (Å²) >= 11 is 7.36. The van der Waals surface area contributed by atoms with Crippen LogP contribution in [0.15, 0.2) is 58.3 Å². The Hall–Kier alpha value is -2.24. The van der Waals surface area contributed by atoms with Crippen LogP contribution in [0.2, 0.25) is 5.02 Å². The topological polar surface area (TPSA) is 49.4 Å². The minimum atomic E-state index is -0.173. The van der Waals surface area contributed by atoms with E-state index >= 15 is 0 Å². The minimum Gasteiger partial charge on any atom is -0.352 e. The molecule has 2 aromatic rings. The van der Waals surface area contributed by atoms with E-state index < -0.39 is 0 Å². The lowest BCUT2D eigenvalue weighted by Gasteiger charge is -2.30. The molecule has 0 spiro atoms. The van der Waals surface area contributed by atoms with Crippen molar-refractivity contribution >= 4 is 46.9 Å². The number of hydrogen-bond acceptors (Lipinski definition) is 3. The first-order chi connectivity index (χ1) is 13.0. The van der Waals surface area contributed by atoms with Crippen molar-refractivity contribution in [3.63, 3.8) is 0 Å². The minimum absolute atomic E-state index is 0.00129. The normalized spacial score (nSPS) is 16.2. The van der Waals surface area contributed by atoms with E-state index in [1.807, 2.05) is 56.3 Å². The molecule has 2 aromatic carbocycles. The zero-order valence-electron chi connectivity index (χ0n) is 15.2. The van der Waals surface area contributed by atoms with Gasteiger partial charge < -0.3 is 5.32 Å². The van der Waals surface area contributed by atoms with Crippen LogP contribution in [0.5, 0.6) is 0 Å². The van der Waals surface area contributed by atoms with Gasteiger partial charge in [-0.2, -0.15) is 0 Å². The van der Waals surface area contributed by atoms with Crippen molar-refractivity contribution in [1.29, 1.82) is 0 Å². The third kappa shape index (κ3) is 4.73. The highest BCUT2D eigenvalue weighted by Gasteiger charge is 2.30. The second-order valence-corrected chi connectivity index (χ2v) is 7.92. The summed E-state index contributed by atoms with van der Waals surface area (Å²) in [6.45, 7) is 3.96. The lowest BCUT2D eigenvalue weighted by atomic mass is 10.2. The molecule has 0 fully saturated rings. The number of para-hydroxylation sites is 1. The lowest BCUT2D eigenvalue weighted by molar-refractivity contribution is -0.122. The highest BCUT2D eigenvalue weighted by molar-refractivity contribution is 8.04. The van der Waals surface area contributed by atoms with Gasteiger partial charge in [-0.05, 0) is 49.2 Å². The van der Waals surface area contributed by atoms with E-state index in [9.17, 15) is 9.59 Å². The van der Waals surface area contributed by atoms with Crippen LogP contribution in [0.3, 0.4) is 0 Å². The number of amides is 2. The van der Waals surface area contributed by atoms with Crippen molar-refractivity contribution in [3.8, 4) is 0 Å². The molecule has 1 aliphatic heterocycles. The van der Waals surface area contributed by atoms with Crippen LogP contribution in [-0.2, 0) is 9.59 Å². The number of fused-ring (bicyclic) bond motifs is 1. The van der Waals surface area contributed by atoms with Gasteiger partial charge >= 0.3 is 0 Å². The average Bonchev–Trinajstić information content (AvgIpc) is 2.66. The van der Waals surface area contributed by atoms with E-state index in [1.165, 1.54) is 11.8 Å². The number of thioether (sulfide) groups is 1. The fourth-order valence-corrected chi connectivity index (χ4v) is 3.88. The van der Waals surface area contributed by atoms with E-state index in [1.54, 1.807) is 17.0 Å². The third-order valence-electron chi connectivity index (χ3n) is 4.32. The van der Waals surface area contributed by atoms with Gasteiger partial charge in [0.1, 0.15) is 6.54 Å². The Labute approximate surface area is 168 Å². The molecule has 0 saturated carbocycles. The summed E-state index contributed by atoms with van der Waals surface area (Å²) in [7, 11) is 0. The van der Waals surface area contributed by atoms with E-state index in [4.69, 9.17) is 11.6 Å². The molecule has 4 nitrogen and oxygen atoms in total. The number of nitrogens with zero attached hydrogens (tertiary/aromatic N) is 1. The molecule has 0 saturated heterocycles. The molecular formula is C21H21ClN2O2S. The van der Waals surface area contributed by atoms with Crippen LogP contribution in [0.25, 0.3) is 6.08 Å². The molecule has 2 amide bonds. The molecule has 140 valence electrons. The number of anilines is 1. The van der Waals surface area contributed by atoms with Gasteiger partial charge in [0.25, 0.3) is 5.91 Å². The highest BCUT2D eigenvalue weighted by atomic mass is 35.5. The summed E-state index contributed by atoms with van der Waals surface area (Å²) in [4.78, 5) is 28.5. The van der Waals surface area contributed by atoms with Crippen LogP contribution in [-0.4, -0.2) is 24.4 Å². The summed E-state index contributed by atoms with van der Waals surface area (Å²) < 4.78 is 0. The van der Waals surface area contributed by atoms with E-state index in [0.717, 1.165) is 22.6 Å². The Morgan fingerprint density at radius 2 is 1.93 bits per heavy atom. The number of halogens is 1. The van der Waals surface area contributed by atoms with Crippen LogP contribution in [0.1, 0.15) is 25.8 Å². The summed E-state index contributed by atoms with van der Waals surface area (Å²) in [6, 6.07) is 15.0. The molecule has 1 heterocycles. The first-order valence-corrected chi connectivity index (χ1v) is 10.0. The molecule has 0 bridgehead atoms. The molecule has 27 heavy (non-hydrogen) atoms. The third-order valence-corrected chi connectivity index (χ3v) is 5.65. The van der Waals surface area contributed by atoms with Crippen molar-refractivity contribution in [1.82, 2.24) is 5.32 Å². The molecule has 1 aliphatic rings. The van der Waals surface area contributed by atoms with Crippen LogP contribution < -0.4 is 10.2 Å². The van der Waals surface area contributed by atoms with Crippen molar-refractivity contribution in [3.05, 3.63) is 64.0 Å². The number of carbonyl (C=O) groups excluding carboxylic acids is 2. The molecular weight excluding hydrogens is 380 g/mol. The fraction of sp³-hybridized carbons (Fsp3) is 0.238. The molecule has 0 aromatic heterocycles. The van der Waals surface area contributed by atoms with Crippen LogP contribution in [0.4, 0.5) is 5.69 Å². The maximum atomic E-state index is 13.1. The first kappa shape index (κ1) is 19.5. The quantitative estimate of drug-likeness (QED) is 0.738. The predicted molar refractivity (Wildman–Crippen MR) is 112 cm³/mol. The van der Waals surface area contributed by atoms with E-state index in [0.29, 0.717) is 9.93 Å². The van der Waals surface area contributed by atoms with Crippen molar-refractivity contribution < 1.29 is 9.59 Å². The van der Waals surface area contributed by atoms with Gasteiger partial charge in [0.15, 0.2) is 0 Å². The molecule has 6 heteroatoms. The van der Waals surface area contributed by atoms with Gasteiger partial charge in [-0.15, -0.1) is 0 Å². The van der Waals surface area contributed by atoms with Crippen molar-refractivity contribution in [2.75, 3.05) is 11.4 Å². The maximum Gasteiger partial charge on any atom is 0.265 e. The van der Waals surface area contributed by atoms with Crippen LogP contribution in [0, 0.1) is 0 Å². The largest absolute Gasteiger partial charge is 0.352 e. The standard InChI is InChI=1S/C21H21ClN2O2S/c1-3-14(2)23-20(25)13-24-17-6-4-5-7-18(17)27-19(21(24)26)12-15-8-10-16(22)11-9-15/h4-12,14H,3,13H2,1-2H3,(H,23,25)/b19-12+. The second kappa shape index (κ2) is 8.63. The van der Waals surface area contributed by atoms with Gasteiger partial charge in [0.2, 0.25) is 5.91 Å². The predicted octanol–water partition coefficient (Wildman–Crippen LogP) is 4.73. The summed E-state index contributed by atoms with van der Waals surface area (Å²) in [5.74, 6) is -0.335. The summed E-state index contributed by atoms with van der Waals surface area (Å²) in [5.41, 5.74) is 1.65. The van der Waals surface area contributed by atoms with E-state index in [2.05, 4.69) is 5.32 Å². The van der Waals surface area contributed by atoms with E-state index in [-0.39, 0.29) is 24.4 Å². The summed E-state index contributed by atoms with van der Waals surface area (Å²) in [5, 5.41) is 3.57. The van der Waals surface area contributed by atoms with Gasteiger partial charge in [-0.25, -0.2) is 0 Å². The molecule has 0 radical (unpaired) electrons. The van der Waals surface area contributed by atoms with Crippen LogP contribution >= 0.6 is 23.4 Å². The Kier molecular flexibility index (Phi) is 6.24. The van der Waals surface area contributed by atoms with Gasteiger partial charge in [-0.3, -0.25) is 14.5 Å². The number of rotatable bonds is 5. The zero-order valence-corrected chi connectivity index (χ0v) is 16.8. The molecule has 1 atom stereocenters. The first-order valence-electron chi connectivity index (χ1n) is 8.83. The van der Waals surface area contributed by atoms with Crippen molar-refractivity contribution in [2.24, 2.45) is 0 Å². The fourth-order valence-electron chi connectivity index (χ4n) is 2.70. The smallest absolute Gasteiger partial charge is 0.265 e. The average molecular weight is 401 g/mol. The number of nitrogens with one attached hydrogen (secondary N) is 1. The monoisotopic (exact) mass is 400 g/mol. The molecule has 1 N–H and O–H groups in total. The molecule has 0 aliphatic carbocycles. The van der Waals surface area contributed by atoms with Crippen molar-refractivity contribution in [2.45, 2.75) is 31.2 Å². The van der Waals surface area contributed by atoms with Gasteiger partial charge in [0.05, 0.1) is 10.6 Å². The highest BCUT2D eigenvalue weighted by Crippen LogP contribution is 2.41. The number of hydrogen-bond donors (Lipinski definition) is 1. The molecule has 1 unspecified atom stereocenters.